The number of hydrogen-bond acceptors (Lipinski definition) is 18. The third-order valence-electron chi connectivity index (χ3n) is 9.25. The summed E-state index contributed by atoms with van der Waals surface area (Å²) in [6, 6.07) is 19.7. The molecule has 0 aliphatic rings. The second kappa shape index (κ2) is 22.5. The van der Waals surface area contributed by atoms with Crippen molar-refractivity contribution in [2.45, 2.75) is 9.79 Å². The van der Waals surface area contributed by atoms with Gasteiger partial charge < -0.3 is 29.8 Å². The summed E-state index contributed by atoms with van der Waals surface area (Å²) < 4.78 is 65.8. The predicted molar refractivity (Wildman–Crippen MR) is 225 cm³/mol. The number of azo groups is 2. The maximum atomic E-state index is 12.6. The number of aromatic hydroxyl groups is 2. The summed E-state index contributed by atoms with van der Waals surface area (Å²) in [5, 5.41) is 57.0. The number of nitro benzene ring substituents is 2. The van der Waals surface area contributed by atoms with Crippen LogP contribution in [-0.2, 0) is 37.0 Å². The van der Waals surface area contributed by atoms with Gasteiger partial charge in [0.2, 0.25) is 0 Å². The van der Waals surface area contributed by atoms with Crippen LogP contribution in [0, 0.1) is 20.2 Å². The van der Waals surface area contributed by atoms with Crippen LogP contribution >= 0.6 is 0 Å². The Hall–Kier alpha value is -5.21. The van der Waals surface area contributed by atoms with Gasteiger partial charge in [0.05, 0.1) is 20.7 Å². The van der Waals surface area contributed by atoms with Crippen LogP contribution < -0.4 is 111 Å². The van der Waals surface area contributed by atoms with Crippen molar-refractivity contribution in [2.24, 2.45) is 20.5 Å². The van der Waals surface area contributed by atoms with E-state index in [1.807, 2.05) is 0 Å². The average molecular weight is 1040 g/mol. The van der Waals surface area contributed by atoms with Gasteiger partial charge in [0.1, 0.15) is 32.7 Å². The Labute approximate surface area is 454 Å². The first-order chi connectivity index (χ1) is 30.1. The van der Waals surface area contributed by atoms with Gasteiger partial charge in [-0.1, -0.05) is 36.4 Å². The number of pyridine rings is 2. The molecule has 0 aliphatic heterocycles. The summed E-state index contributed by atoms with van der Waals surface area (Å²) in [4.78, 5) is 73.7. The molecule has 6 aromatic carbocycles. The van der Waals surface area contributed by atoms with Gasteiger partial charge in [0, 0.05) is 86.1 Å². The number of aromatic amines is 2. The summed E-state index contributed by atoms with van der Waals surface area (Å²) in [5.41, 5.74) is -5.41. The second-order valence-corrected chi connectivity index (χ2v) is 15.9. The van der Waals surface area contributed by atoms with E-state index in [1.165, 1.54) is 24.3 Å². The summed E-state index contributed by atoms with van der Waals surface area (Å²) in [7, 11) is -9.75. The predicted octanol–water partition coefficient (Wildman–Crippen LogP) is -2.92. The number of benzene rings is 6. The van der Waals surface area contributed by atoms with E-state index < -0.39 is 96.1 Å². The standard InChI is InChI=1S/2C19H11N4O8S.Co.3Na/c2*24-14-8-15(32(29,30)31)12-7-9(23(27)28)5-6-10(12)16(14)21-22-17-18(25)11-3-1-2-4-13(11)20-19(17)26;;;;/h2*1-8,24H,(H,20,26)(H,29,30,31);;;;/q2*-1;;3*+1. The Morgan fingerprint density at radius 1 is 0.515 bits per heavy atom. The average Bonchev–Trinajstić information content (AvgIpc) is 3.23. The first-order valence-corrected chi connectivity index (χ1v) is 20.3. The van der Waals surface area contributed by atoms with Crippen LogP contribution in [0.15, 0.2) is 146 Å². The zero-order chi connectivity index (χ0) is 46.4. The number of nitro groups is 2. The number of nitrogens with one attached hydrogen (secondary N) is 2. The number of hydrogen-bond donors (Lipinski definition) is 6. The Kier molecular flexibility index (Phi) is 18.9. The van der Waals surface area contributed by atoms with E-state index in [-0.39, 0.29) is 149 Å². The quantitative estimate of drug-likeness (QED) is 0.0222. The van der Waals surface area contributed by atoms with Crippen molar-refractivity contribution in [3.63, 3.8) is 0 Å². The fourth-order valence-corrected chi connectivity index (χ4v) is 7.77. The van der Waals surface area contributed by atoms with E-state index in [1.54, 1.807) is 24.3 Å². The van der Waals surface area contributed by atoms with E-state index >= 15 is 0 Å². The van der Waals surface area contributed by atoms with E-state index in [0.29, 0.717) is 23.2 Å². The molecule has 8 rings (SSSR count). The van der Waals surface area contributed by atoms with Crippen molar-refractivity contribution in [3.8, 4) is 11.5 Å². The molecule has 333 valence electrons. The third-order valence-corrected chi connectivity index (χ3v) is 11.0. The summed E-state index contributed by atoms with van der Waals surface area (Å²) >= 11 is 0. The fraction of sp³-hybridized carbons (Fsp3) is 0. The monoisotopic (exact) mass is 1040 g/mol. The van der Waals surface area contributed by atoms with E-state index in [4.69, 9.17) is 0 Å². The molecule has 6 N–H and O–H groups in total. The molecule has 24 nitrogen and oxygen atoms in total. The Morgan fingerprint density at radius 3 is 1.18 bits per heavy atom. The van der Waals surface area contributed by atoms with Crippen LogP contribution in [0.2, 0.25) is 0 Å². The smallest absolute Gasteiger partial charge is 0.506 e. The Balaban J connectivity index is 0.000000340. The maximum absolute atomic E-state index is 12.6. The molecule has 1 radical (unpaired) electrons. The van der Waals surface area contributed by atoms with Crippen molar-refractivity contribution < 1.29 is 151 Å². The zero-order valence-corrected chi connectivity index (χ0v) is 43.4. The van der Waals surface area contributed by atoms with E-state index in [0.717, 1.165) is 36.4 Å². The molecule has 30 heteroatoms. The summed E-state index contributed by atoms with van der Waals surface area (Å²) in [6.45, 7) is 0. The van der Waals surface area contributed by atoms with Crippen LogP contribution in [0.25, 0.3) is 43.4 Å². The number of nitrogens with zero attached hydrogens (tertiary/aromatic N) is 6. The number of phenols is 2. The van der Waals surface area contributed by atoms with Crippen molar-refractivity contribution in [3.05, 3.63) is 158 Å². The first kappa shape index (κ1) is 57.1. The number of fused-ring (bicyclic) bond motifs is 4. The third kappa shape index (κ3) is 11.6. The van der Waals surface area contributed by atoms with E-state index in [9.17, 15) is 75.6 Å². The molecule has 0 unspecified atom stereocenters. The SMILES string of the molecule is O=c1[nH]c2ccccc2c(=O)[c-]1N=Nc1c(O)cc(S(=O)(=O)O)c2cc([N+](=O)[O-])ccc12.O=c1[nH]c2ccccc2c(=O)[c-]1N=Nc1c(O)cc(S(=O)(=O)O)c2cc([N+](=O)[O-])ccc12.[Co].[Na+].[Na+].[Na+]. The van der Waals surface area contributed by atoms with Crippen LogP contribution in [0.5, 0.6) is 11.5 Å². The topological polar surface area (TPSA) is 385 Å². The minimum absolute atomic E-state index is 0. The zero-order valence-electron chi connectivity index (χ0n) is 34.8. The molecule has 0 saturated heterocycles. The minimum atomic E-state index is -4.88. The van der Waals surface area contributed by atoms with Gasteiger partial charge in [0.15, 0.2) is 11.1 Å². The van der Waals surface area contributed by atoms with Gasteiger partial charge in [-0.05, 0) is 23.2 Å². The largest absolute Gasteiger partial charge is 1.00 e. The molecule has 0 bridgehead atoms. The molecule has 0 fully saturated rings. The molecular formula is C38H22CoN8Na3O16S2+. The Bertz CT molecular complexity index is 3650. The van der Waals surface area contributed by atoms with E-state index in [2.05, 4.69) is 30.4 Å². The van der Waals surface area contributed by atoms with Crippen LogP contribution in [0.3, 0.4) is 0 Å². The first-order valence-electron chi connectivity index (χ1n) is 17.5. The normalized spacial score (nSPS) is 11.3. The Morgan fingerprint density at radius 2 is 0.853 bits per heavy atom. The maximum Gasteiger partial charge on any atom is 1.00 e. The fourth-order valence-electron chi connectivity index (χ4n) is 6.35. The van der Waals surface area contributed by atoms with Crippen LogP contribution in [0.1, 0.15) is 0 Å². The second-order valence-electron chi connectivity index (χ2n) is 13.2. The molecule has 68 heavy (non-hydrogen) atoms. The van der Waals surface area contributed by atoms with Gasteiger partial charge in [-0.25, -0.2) is 10.2 Å². The van der Waals surface area contributed by atoms with Gasteiger partial charge in [-0.15, -0.1) is 22.9 Å². The van der Waals surface area contributed by atoms with Crippen molar-refractivity contribution >= 4 is 97.7 Å². The summed E-state index contributed by atoms with van der Waals surface area (Å²) in [6.07, 6.45) is 0. The molecular weight excluding hydrogens is 1020 g/mol. The number of para-hydroxylation sites is 2. The van der Waals surface area contributed by atoms with Crippen molar-refractivity contribution in [1.82, 2.24) is 9.97 Å². The van der Waals surface area contributed by atoms with Gasteiger partial charge in [0.25, 0.3) is 31.6 Å². The number of H-pyrrole nitrogens is 2. The number of non-ortho nitro benzene ring substituents is 2. The number of rotatable bonds is 8. The summed E-state index contributed by atoms with van der Waals surface area (Å²) in [5.74, 6) is -1.51. The van der Waals surface area contributed by atoms with Gasteiger partial charge in [-0.2, -0.15) is 27.1 Å². The molecule has 0 aliphatic carbocycles. The molecule has 2 aromatic heterocycles. The molecule has 0 spiro atoms. The van der Waals surface area contributed by atoms with Gasteiger partial charge >= 0.3 is 88.7 Å². The molecule has 0 amide bonds. The molecule has 0 saturated carbocycles. The number of aromatic nitrogens is 2. The number of phenolic OH excluding ortho intramolecular Hbond substituents is 2. The molecule has 2 heterocycles. The van der Waals surface area contributed by atoms with Crippen molar-refractivity contribution in [1.29, 1.82) is 0 Å². The van der Waals surface area contributed by atoms with Gasteiger partial charge in [-0.3, -0.25) is 38.9 Å². The van der Waals surface area contributed by atoms with Crippen LogP contribution in [-0.4, -0.2) is 56.0 Å². The molecule has 0 atom stereocenters. The molecule has 8 aromatic rings. The minimum Gasteiger partial charge on any atom is -0.506 e. The van der Waals surface area contributed by atoms with Crippen LogP contribution in [0.4, 0.5) is 34.1 Å². The van der Waals surface area contributed by atoms with Crippen molar-refractivity contribution in [2.75, 3.05) is 0 Å².